The summed E-state index contributed by atoms with van der Waals surface area (Å²) >= 11 is 1.38. The van der Waals surface area contributed by atoms with Crippen molar-refractivity contribution in [3.8, 4) is 11.3 Å². The van der Waals surface area contributed by atoms with Gasteiger partial charge in [-0.2, -0.15) is 4.37 Å². The summed E-state index contributed by atoms with van der Waals surface area (Å²) in [6.45, 7) is 2.51. The normalized spacial score (nSPS) is 12.0. The first-order chi connectivity index (χ1) is 19.0. The Morgan fingerprint density at radius 1 is 0.923 bits per heavy atom. The highest BCUT2D eigenvalue weighted by Gasteiger charge is 2.19. The van der Waals surface area contributed by atoms with E-state index in [1.165, 1.54) is 22.3 Å². The summed E-state index contributed by atoms with van der Waals surface area (Å²) < 4.78 is 6.60. The second-order valence-electron chi connectivity index (χ2n) is 9.59. The molecule has 0 bridgehead atoms. The second kappa shape index (κ2) is 10.2. The molecule has 4 aromatic carbocycles. The van der Waals surface area contributed by atoms with E-state index in [9.17, 15) is 14.7 Å². The summed E-state index contributed by atoms with van der Waals surface area (Å²) in [5.74, 6) is -1.18. The van der Waals surface area contributed by atoms with Gasteiger partial charge >= 0.3 is 5.97 Å². The van der Waals surface area contributed by atoms with Gasteiger partial charge in [0.25, 0.3) is 5.91 Å². The van der Waals surface area contributed by atoms with E-state index in [0.29, 0.717) is 12.1 Å². The van der Waals surface area contributed by atoms with Crippen molar-refractivity contribution in [2.24, 2.45) is 0 Å². The molecule has 0 fully saturated rings. The molecule has 7 heteroatoms. The second-order valence-corrected chi connectivity index (χ2v) is 10.3. The van der Waals surface area contributed by atoms with Crippen LogP contribution in [0.3, 0.4) is 0 Å². The van der Waals surface area contributed by atoms with Crippen molar-refractivity contribution in [1.82, 2.24) is 14.3 Å². The lowest BCUT2D eigenvalue weighted by atomic mass is 10.0. The maximum atomic E-state index is 13.8. The SMILES string of the molecule is C[C@H](NC(=O)c1cc(-c2ccsn2)cc2ccn(Cc3ccc4ccccc4c3)c12)c1ccc(C(=O)O)cc1. The standard InChI is InChI=1S/C32H25N3O3S/c1-20(22-8-10-24(11-9-22)32(37)38)33-31(36)28-18-27(29-13-15-39-34-29)17-26-12-14-35(30(26)28)19-21-6-7-23-4-2-3-5-25(23)16-21/h2-18,20H,19H2,1H3,(H,33,36)(H,37,38)/t20-/m0/s1. The van der Waals surface area contributed by atoms with E-state index in [1.807, 2.05) is 48.8 Å². The Morgan fingerprint density at radius 2 is 1.72 bits per heavy atom. The fourth-order valence-electron chi connectivity index (χ4n) is 4.97. The minimum atomic E-state index is -0.980. The predicted molar refractivity (Wildman–Crippen MR) is 155 cm³/mol. The van der Waals surface area contributed by atoms with Gasteiger partial charge in [-0.3, -0.25) is 4.79 Å². The number of carboxylic acid groups (broad SMARTS) is 1. The maximum absolute atomic E-state index is 13.8. The molecule has 1 atom stereocenters. The summed E-state index contributed by atoms with van der Waals surface area (Å²) in [4.78, 5) is 25.0. The zero-order valence-electron chi connectivity index (χ0n) is 21.2. The number of rotatable bonds is 7. The Balaban J connectivity index is 1.38. The Labute approximate surface area is 229 Å². The number of fused-ring (bicyclic) bond motifs is 2. The van der Waals surface area contributed by atoms with Crippen LogP contribution < -0.4 is 5.32 Å². The van der Waals surface area contributed by atoms with Gasteiger partial charge in [-0.25, -0.2) is 4.79 Å². The molecule has 6 aromatic rings. The van der Waals surface area contributed by atoms with Crippen LogP contribution in [-0.2, 0) is 6.54 Å². The largest absolute Gasteiger partial charge is 0.478 e. The number of nitrogens with zero attached hydrogens (tertiary/aromatic N) is 2. The zero-order valence-corrected chi connectivity index (χ0v) is 22.0. The Morgan fingerprint density at radius 3 is 2.46 bits per heavy atom. The lowest BCUT2D eigenvalue weighted by Crippen LogP contribution is -2.27. The summed E-state index contributed by atoms with van der Waals surface area (Å²) in [7, 11) is 0. The van der Waals surface area contributed by atoms with Gasteiger partial charge in [-0.15, -0.1) is 0 Å². The summed E-state index contributed by atoms with van der Waals surface area (Å²) in [5.41, 5.74) is 5.32. The van der Waals surface area contributed by atoms with Crippen molar-refractivity contribution < 1.29 is 14.7 Å². The molecule has 6 rings (SSSR count). The third kappa shape index (κ3) is 4.92. The molecule has 1 amide bonds. The van der Waals surface area contributed by atoms with Crippen LogP contribution in [0.5, 0.6) is 0 Å². The number of carboxylic acids is 1. The highest BCUT2D eigenvalue weighted by atomic mass is 32.1. The van der Waals surface area contributed by atoms with Gasteiger partial charge in [-0.1, -0.05) is 48.5 Å². The molecule has 2 aromatic heterocycles. The van der Waals surface area contributed by atoms with Crippen LogP contribution in [0, 0.1) is 0 Å². The van der Waals surface area contributed by atoms with E-state index in [-0.39, 0.29) is 17.5 Å². The fourth-order valence-corrected chi connectivity index (χ4v) is 5.50. The summed E-state index contributed by atoms with van der Waals surface area (Å²) in [5, 5.41) is 17.6. The number of amides is 1. The van der Waals surface area contributed by atoms with Crippen molar-refractivity contribution in [2.45, 2.75) is 19.5 Å². The van der Waals surface area contributed by atoms with Crippen LogP contribution in [0.25, 0.3) is 32.9 Å². The van der Waals surface area contributed by atoms with Gasteiger partial charge in [-0.05, 0) is 82.8 Å². The van der Waals surface area contributed by atoms with Crippen LogP contribution >= 0.6 is 11.5 Å². The molecule has 0 aliphatic rings. The van der Waals surface area contributed by atoms with E-state index < -0.39 is 5.97 Å². The van der Waals surface area contributed by atoms with Crippen molar-refractivity contribution in [3.63, 3.8) is 0 Å². The molecule has 0 saturated heterocycles. The number of nitrogens with one attached hydrogen (secondary N) is 1. The molecule has 2 heterocycles. The molecule has 2 N–H and O–H groups in total. The number of carbonyl (C=O) groups excluding carboxylic acids is 1. The highest BCUT2D eigenvalue weighted by Crippen LogP contribution is 2.30. The van der Waals surface area contributed by atoms with Gasteiger partial charge in [0.2, 0.25) is 0 Å². The van der Waals surface area contributed by atoms with Gasteiger partial charge in [0, 0.05) is 29.1 Å². The van der Waals surface area contributed by atoms with E-state index >= 15 is 0 Å². The molecule has 0 unspecified atom stereocenters. The molecule has 0 aliphatic carbocycles. The molecular weight excluding hydrogens is 506 g/mol. The summed E-state index contributed by atoms with van der Waals surface area (Å²) in [6, 6.07) is 28.9. The van der Waals surface area contributed by atoms with Crippen molar-refractivity contribution in [2.75, 3.05) is 0 Å². The average Bonchev–Trinajstić information content (AvgIpc) is 3.63. The molecule has 0 saturated carbocycles. The molecular formula is C32H25N3O3S. The zero-order chi connectivity index (χ0) is 26.9. The Hall–Kier alpha value is -4.75. The molecule has 0 radical (unpaired) electrons. The number of carbonyl (C=O) groups is 2. The maximum Gasteiger partial charge on any atom is 0.335 e. The third-order valence-electron chi connectivity index (χ3n) is 7.01. The lowest BCUT2D eigenvalue weighted by Gasteiger charge is -2.17. The van der Waals surface area contributed by atoms with E-state index in [1.54, 1.807) is 24.3 Å². The monoisotopic (exact) mass is 531 g/mol. The smallest absolute Gasteiger partial charge is 0.335 e. The van der Waals surface area contributed by atoms with Crippen molar-refractivity contribution in [1.29, 1.82) is 0 Å². The number of hydrogen-bond acceptors (Lipinski definition) is 4. The molecule has 192 valence electrons. The first kappa shape index (κ1) is 24.6. The average molecular weight is 532 g/mol. The van der Waals surface area contributed by atoms with Crippen LogP contribution in [0.2, 0.25) is 0 Å². The van der Waals surface area contributed by atoms with Gasteiger partial charge < -0.3 is 15.0 Å². The van der Waals surface area contributed by atoms with Crippen LogP contribution in [0.15, 0.2) is 103 Å². The van der Waals surface area contributed by atoms with Gasteiger partial charge in [0.05, 0.1) is 28.4 Å². The van der Waals surface area contributed by atoms with Gasteiger partial charge in [0.1, 0.15) is 0 Å². The Kier molecular flexibility index (Phi) is 6.42. The van der Waals surface area contributed by atoms with E-state index in [4.69, 9.17) is 0 Å². The van der Waals surface area contributed by atoms with Gasteiger partial charge in [0.15, 0.2) is 0 Å². The molecule has 0 aliphatic heterocycles. The summed E-state index contributed by atoms with van der Waals surface area (Å²) in [6.07, 6.45) is 2.02. The van der Waals surface area contributed by atoms with E-state index in [2.05, 4.69) is 50.7 Å². The third-order valence-corrected chi connectivity index (χ3v) is 7.57. The lowest BCUT2D eigenvalue weighted by molar-refractivity contribution is 0.0696. The van der Waals surface area contributed by atoms with E-state index in [0.717, 1.165) is 33.3 Å². The number of hydrogen-bond donors (Lipinski definition) is 2. The molecule has 6 nitrogen and oxygen atoms in total. The van der Waals surface area contributed by atoms with Crippen molar-refractivity contribution in [3.05, 3.63) is 125 Å². The van der Waals surface area contributed by atoms with Crippen LogP contribution in [-0.4, -0.2) is 25.9 Å². The highest BCUT2D eigenvalue weighted by molar-refractivity contribution is 7.03. The minimum Gasteiger partial charge on any atom is -0.478 e. The van der Waals surface area contributed by atoms with Crippen molar-refractivity contribution >= 4 is 45.1 Å². The topological polar surface area (TPSA) is 84.2 Å². The first-order valence-electron chi connectivity index (χ1n) is 12.6. The number of aromatic nitrogens is 2. The number of benzene rings is 4. The molecule has 39 heavy (non-hydrogen) atoms. The number of aromatic carboxylic acids is 1. The predicted octanol–water partition coefficient (Wildman–Crippen LogP) is 7.16. The van der Waals surface area contributed by atoms with Crippen LogP contribution in [0.4, 0.5) is 0 Å². The van der Waals surface area contributed by atoms with Crippen LogP contribution in [0.1, 0.15) is 44.8 Å². The fraction of sp³-hybridized carbons (Fsp3) is 0.0938. The quantitative estimate of drug-likeness (QED) is 0.229. The molecule has 0 spiro atoms. The Bertz CT molecular complexity index is 1820. The first-order valence-corrected chi connectivity index (χ1v) is 13.5. The minimum absolute atomic E-state index is 0.203.